The van der Waals surface area contributed by atoms with E-state index in [1.165, 1.54) is 7.11 Å². The number of carboxylic acid groups (broad SMARTS) is 1. The number of primary amides is 1. The van der Waals surface area contributed by atoms with Crippen molar-refractivity contribution in [2.75, 3.05) is 13.7 Å². The maximum atomic E-state index is 11.4. The molecule has 0 radical (unpaired) electrons. The van der Waals surface area contributed by atoms with Crippen LogP contribution in [0, 0.1) is 5.41 Å². The van der Waals surface area contributed by atoms with Gasteiger partial charge in [-0.15, -0.1) is 0 Å². The third-order valence-electron chi connectivity index (χ3n) is 4.12. The van der Waals surface area contributed by atoms with Crippen LogP contribution in [0.1, 0.15) is 45.9 Å². The van der Waals surface area contributed by atoms with Gasteiger partial charge in [0.1, 0.15) is 11.0 Å². The molecule has 0 saturated carbocycles. The van der Waals surface area contributed by atoms with E-state index >= 15 is 0 Å². The van der Waals surface area contributed by atoms with Crippen LogP contribution in [0.4, 0.5) is 4.79 Å². The van der Waals surface area contributed by atoms with Crippen LogP contribution >= 0.6 is 0 Å². The minimum atomic E-state index is -1.04. The lowest BCUT2D eigenvalue weighted by atomic mass is 9.90. The van der Waals surface area contributed by atoms with Crippen molar-refractivity contribution in [3.05, 3.63) is 47.7 Å². The fourth-order valence-electron chi connectivity index (χ4n) is 2.54. The third-order valence-corrected chi connectivity index (χ3v) is 4.12. The van der Waals surface area contributed by atoms with Crippen molar-refractivity contribution in [2.45, 2.75) is 46.6 Å². The number of benzene rings is 1. The zero-order valence-electron chi connectivity index (χ0n) is 18.6. The standard InChI is InChI=1S/C18H21NO3.C5H11NO2/c1-4-15-8-7-14-6-5-13(11-16(14)19-15)9-10-18(2,12-22-3)17(20)21;1-5(2,3)8-4(6)7/h5-11H,4,12H2,1-3H3,(H,20,21);1-3H3,(H2,6,7)/b10-9+;/t18-;/m0./s1. The van der Waals surface area contributed by atoms with Gasteiger partial charge in [0.2, 0.25) is 0 Å². The van der Waals surface area contributed by atoms with E-state index in [4.69, 9.17) is 10.5 Å². The van der Waals surface area contributed by atoms with Gasteiger partial charge >= 0.3 is 12.1 Å². The maximum absolute atomic E-state index is 11.4. The van der Waals surface area contributed by atoms with Gasteiger partial charge in [-0.25, -0.2) is 4.79 Å². The second-order valence-corrected chi connectivity index (χ2v) is 8.13. The molecule has 1 atom stereocenters. The lowest BCUT2D eigenvalue weighted by Crippen LogP contribution is -2.30. The average molecular weight is 417 g/mol. The fourth-order valence-corrected chi connectivity index (χ4v) is 2.54. The third kappa shape index (κ3) is 8.21. The number of hydrogen-bond acceptors (Lipinski definition) is 5. The Morgan fingerprint density at radius 1 is 1.17 bits per heavy atom. The van der Waals surface area contributed by atoms with E-state index in [1.54, 1.807) is 33.8 Å². The van der Waals surface area contributed by atoms with Crippen LogP contribution in [-0.2, 0) is 20.7 Å². The Labute approximate surface area is 177 Å². The predicted molar refractivity (Wildman–Crippen MR) is 118 cm³/mol. The van der Waals surface area contributed by atoms with Gasteiger partial charge in [0.05, 0.1) is 12.1 Å². The van der Waals surface area contributed by atoms with E-state index in [0.717, 1.165) is 28.6 Å². The lowest BCUT2D eigenvalue weighted by molar-refractivity contribution is -0.147. The second kappa shape index (κ2) is 10.7. The van der Waals surface area contributed by atoms with Gasteiger partial charge in [-0.2, -0.15) is 0 Å². The molecule has 0 bridgehead atoms. The zero-order valence-corrected chi connectivity index (χ0v) is 18.6. The number of hydrogen-bond donors (Lipinski definition) is 2. The van der Waals surface area contributed by atoms with Gasteiger partial charge in [0.25, 0.3) is 0 Å². The maximum Gasteiger partial charge on any atom is 0.405 e. The topological polar surface area (TPSA) is 112 Å². The number of amides is 1. The highest BCUT2D eigenvalue weighted by Gasteiger charge is 2.30. The average Bonchev–Trinajstić information content (AvgIpc) is 2.64. The summed E-state index contributed by atoms with van der Waals surface area (Å²) >= 11 is 0. The first kappa shape index (κ1) is 25.1. The number of rotatable bonds is 6. The highest BCUT2D eigenvalue weighted by atomic mass is 16.6. The molecule has 1 aromatic carbocycles. The number of carboxylic acids is 1. The normalized spacial score (nSPS) is 13.4. The largest absolute Gasteiger partial charge is 0.481 e. The Bertz CT molecular complexity index is 902. The molecule has 2 rings (SSSR count). The molecule has 0 unspecified atom stereocenters. The quantitative estimate of drug-likeness (QED) is 0.720. The Morgan fingerprint density at radius 3 is 2.27 bits per heavy atom. The summed E-state index contributed by atoms with van der Waals surface area (Å²) < 4.78 is 9.59. The molecule has 0 aliphatic carbocycles. The number of methoxy groups -OCH3 is 1. The number of nitrogens with two attached hydrogens (primary N) is 1. The highest BCUT2D eigenvalue weighted by molar-refractivity contribution is 5.82. The Kier molecular flexibility index (Phi) is 8.98. The number of carbonyl (C=O) groups excluding carboxylic acids is 1. The summed E-state index contributed by atoms with van der Waals surface area (Å²) in [5, 5.41) is 10.4. The minimum Gasteiger partial charge on any atom is -0.481 e. The second-order valence-electron chi connectivity index (χ2n) is 8.13. The first-order valence-corrected chi connectivity index (χ1v) is 9.70. The number of aliphatic carboxylic acids is 1. The van der Waals surface area contributed by atoms with Crippen LogP contribution in [0.25, 0.3) is 17.0 Å². The number of pyridine rings is 1. The number of aryl methyl sites for hydroxylation is 1. The summed E-state index contributed by atoms with van der Waals surface area (Å²) in [6.07, 6.45) is 3.65. The number of ether oxygens (including phenoxy) is 2. The Morgan fingerprint density at radius 2 is 1.80 bits per heavy atom. The molecule has 30 heavy (non-hydrogen) atoms. The molecule has 1 heterocycles. The van der Waals surface area contributed by atoms with E-state index < -0.39 is 23.1 Å². The van der Waals surface area contributed by atoms with Crippen LogP contribution in [0.5, 0.6) is 0 Å². The van der Waals surface area contributed by atoms with Gasteiger partial charge in [-0.05, 0) is 51.8 Å². The van der Waals surface area contributed by atoms with Crippen molar-refractivity contribution in [2.24, 2.45) is 11.1 Å². The number of aromatic nitrogens is 1. The smallest absolute Gasteiger partial charge is 0.405 e. The molecule has 2 aromatic rings. The molecule has 164 valence electrons. The molecular formula is C23H32N2O5. The molecule has 1 aromatic heterocycles. The van der Waals surface area contributed by atoms with Gasteiger partial charge < -0.3 is 20.3 Å². The summed E-state index contributed by atoms with van der Waals surface area (Å²) in [7, 11) is 1.50. The van der Waals surface area contributed by atoms with Crippen molar-refractivity contribution >= 4 is 29.0 Å². The van der Waals surface area contributed by atoms with Gasteiger partial charge in [-0.1, -0.05) is 37.3 Å². The molecule has 0 aliphatic heterocycles. The van der Waals surface area contributed by atoms with Crippen LogP contribution in [0.15, 0.2) is 36.4 Å². The fraction of sp³-hybridized carbons (Fsp3) is 0.435. The predicted octanol–water partition coefficient (Wildman–Crippen LogP) is 4.43. The SMILES string of the molecule is CC(C)(C)OC(N)=O.CCc1ccc2ccc(/C=C/[C@@](C)(COC)C(=O)O)cc2n1. The molecule has 3 N–H and O–H groups in total. The first-order chi connectivity index (χ1) is 13.9. The lowest BCUT2D eigenvalue weighted by Gasteiger charge is -2.19. The van der Waals surface area contributed by atoms with Crippen molar-refractivity contribution in [1.29, 1.82) is 0 Å². The summed E-state index contributed by atoms with van der Waals surface area (Å²) in [6.45, 7) is 9.13. The molecule has 7 nitrogen and oxygen atoms in total. The number of fused-ring (bicyclic) bond motifs is 1. The molecule has 7 heteroatoms. The first-order valence-electron chi connectivity index (χ1n) is 9.70. The molecule has 1 amide bonds. The summed E-state index contributed by atoms with van der Waals surface area (Å²) in [4.78, 5) is 26.0. The van der Waals surface area contributed by atoms with Crippen LogP contribution in [-0.4, -0.2) is 41.5 Å². The zero-order chi connectivity index (χ0) is 22.9. The molecular weight excluding hydrogens is 384 g/mol. The molecule has 0 spiro atoms. The minimum absolute atomic E-state index is 0.130. The Hall–Kier alpha value is -2.93. The van der Waals surface area contributed by atoms with Crippen LogP contribution in [0.3, 0.4) is 0 Å². The van der Waals surface area contributed by atoms with E-state index in [2.05, 4.69) is 22.7 Å². The van der Waals surface area contributed by atoms with Crippen LogP contribution in [0.2, 0.25) is 0 Å². The van der Waals surface area contributed by atoms with Gasteiger partial charge in [0, 0.05) is 18.2 Å². The van der Waals surface area contributed by atoms with E-state index in [9.17, 15) is 14.7 Å². The van der Waals surface area contributed by atoms with E-state index in [0.29, 0.717) is 0 Å². The summed E-state index contributed by atoms with van der Waals surface area (Å²) in [6, 6.07) is 10.0. The number of nitrogens with zero attached hydrogens (tertiary/aromatic N) is 1. The molecule has 0 saturated heterocycles. The van der Waals surface area contributed by atoms with Crippen molar-refractivity contribution < 1.29 is 24.2 Å². The summed E-state index contributed by atoms with van der Waals surface area (Å²) in [5.74, 6) is -0.905. The van der Waals surface area contributed by atoms with Crippen molar-refractivity contribution in [1.82, 2.24) is 4.98 Å². The monoisotopic (exact) mass is 416 g/mol. The number of carbonyl (C=O) groups is 2. The van der Waals surface area contributed by atoms with E-state index in [1.807, 2.05) is 30.3 Å². The highest BCUT2D eigenvalue weighted by Crippen LogP contribution is 2.22. The van der Waals surface area contributed by atoms with Gasteiger partial charge in [0.15, 0.2) is 0 Å². The molecule has 0 aliphatic rings. The summed E-state index contributed by atoms with van der Waals surface area (Å²) in [5.41, 5.74) is 6.12. The Balaban J connectivity index is 0.000000479. The van der Waals surface area contributed by atoms with Crippen molar-refractivity contribution in [3.8, 4) is 0 Å². The van der Waals surface area contributed by atoms with E-state index in [-0.39, 0.29) is 6.61 Å². The van der Waals surface area contributed by atoms with Crippen LogP contribution < -0.4 is 5.73 Å². The van der Waals surface area contributed by atoms with Crippen molar-refractivity contribution in [3.63, 3.8) is 0 Å². The van der Waals surface area contributed by atoms with Gasteiger partial charge in [-0.3, -0.25) is 9.78 Å². The molecule has 0 fully saturated rings.